The second-order valence-electron chi connectivity index (χ2n) is 17.3. The number of rotatable bonds is 6. The van der Waals surface area contributed by atoms with Crippen LogP contribution in [0.15, 0.2) is 78.9 Å². The van der Waals surface area contributed by atoms with Gasteiger partial charge in [0.25, 0.3) is 0 Å². The maximum absolute atomic E-state index is 11.1. The fourth-order valence-corrected chi connectivity index (χ4v) is 9.00. The fourth-order valence-electron chi connectivity index (χ4n) is 9.00. The minimum absolute atomic E-state index is 0.00303. The highest BCUT2D eigenvalue weighted by molar-refractivity contribution is 6.13. The summed E-state index contributed by atoms with van der Waals surface area (Å²) >= 11 is 0. The highest BCUT2D eigenvalue weighted by atomic mass is 14.7. The van der Waals surface area contributed by atoms with E-state index in [2.05, 4.69) is 166 Å². The Balaban J connectivity index is 1.67. The first kappa shape index (κ1) is 34.8. The van der Waals surface area contributed by atoms with Crippen molar-refractivity contribution in [2.24, 2.45) is 5.41 Å². The lowest BCUT2D eigenvalue weighted by molar-refractivity contribution is 0.412. The molecule has 1 aliphatic rings. The van der Waals surface area contributed by atoms with Gasteiger partial charge >= 0.3 is 0 Å². The fraction of sp³-hybridized carbons (Fsp3) is 0.367. The number of aryl methyl sites for hydroxylation is 1. The molecule has 0 bridgehead atoms. The smallest absolute Gasteiger partial charge is 0.0998 e. The maximum Gasteiger partial charge on any atom is 0.0998 e. The summed E-state index contributed by atoms with van der Waals surface area (Å²) in [6.45, 7) is 25.4. The third-order valence-electron chi connectivity index (χ3n) is 11.5. The van der Waals surface area contributed by atoms with Gasteiger partial charge < -0.3 is 4.98 Å². The summed E-state index contributed by atoms with van der Waals surface area (Å²) in [5.74, 6) is 1.35. The Morgan fingerprint density at radius 2 is 1.35 bits per heavy atom. The lowest BCUT2D eigenvalue weighted by Crippen LogP contribution is -2.22. The average Bonchev–Trinajstić information content (AvgIpc) is 3.47. The lowest BCUT2D eigenvalue weighted by Gasteiger charge is -2.36. The van der Waals surface area contributed by atoms with E-state index < -0.39 is 0 Å². The van der Waals surface area contributed by atoms with Crippen LogP contribution in [-0.4, -0.2) is 4.98 Å². The molecular formula is C49H54N2. The molecule has 0 fully saturated rings. The first-order valence-electron chi connectivity index (χ1n) is 19.1. The van der Waals surface area contributed by atoms with E-state index in [1.165, 1.54) is 72.0 Å². The lowest BCUT2D eigenvalue weighted by atomic mass is 9.66. The molecule has 5 aromatic carbocycles. The van der Waals surface area contributed by atoms with Gasteiger partial charge in [-0.1, -0.05) is 136 Å². The van der Waals surface area contributed by atoms with Gasteiger partial charge in [-0.05, 0) is 115 Å². The van der Waals surface area contributed by atoms with Crippen molar-refractivity contribution < 1.29 is 0 Å². The Morgan fingerprint density at radius 3 is 1.92 bits per heavy atom. The zero-order chi connectivity index (χ0) is 36.5. The third kappa shape index (κ3) is 5.80. The Morgan fingerprint density at radius 1 is 0.745 bits per heavy atom. The van der Waals surface area contributed by atoms with Gasteiger partial charge in [-0.2, -0.15) is 5.26 Å². The molecule has 6 aromatic rings. The van der Waals surface area contributed by atoms with Crippen molar-refractivity contribution in [3.63, 3.8) is 0 Å². The third-order valence-corrected chi connectivity index (χ3v) is 11.5. The van der Waals surface area contributed by atoms with E-state index in [1.807, 2.05) is 0 Å². The number of hydrogen-bond acceptors (Lipinski definition) is 1. The number of aromatic amines is 1. The van der Waals surface area contributed by atoms with Gasteiger partial charge in [0.2, 0.25) is 0 Å². The zero-order valence-corrected chi connectivity index (χ0v) is 32.5. The molecule has 1 heterocycles. The van der Waals surface area contributed by atoms with Gasteiger partial charge in [0, 0.05) is 28.1 Å². The van der Waals surface area contributed by atoms with Gasteiger partial charge in [-0.15, -0.1) is 0 Å². The second kappa shape index (κ2) is 12.9. The Kier molecular flexibility index (Phi) is 8.78. The van der Waals surface area contributed by atoms with Gasteiger partial charge in [0.1, 0.15) is 0 Å². The van der Waals surface area contributed by atoms with E-state index in [1.54, 1.807) is 0 Å². The van der Waals surface area contributed by atoms with Crippen LogP contribution in [0.4, 0.5) is 0 Å². The van der Waals surface area contributed by atoms with Crippen molar-refractivity contribution in [1.82, 2.24) is 4.98 Å². The highest BCUT2D eigenvalue weighted by Gasteiger charge is 2.38. The van der Waals surface area contributed by atoms with Crippen molar-refractivity contribution >= 4 is 21.8 Å². The van der Waals surface area contributed by atoms with Gasteiger partial charge in [0.05, 0.1) is 17.1 Å². The van der Waals surface area contributed by atoms with Crippen LogP contribution in [-0.2, 0) is 6.42 Å². The number of fused-ring (bicyclic) bond motifs is 6. The highest BCUT2D eigenvalue weighted by Crippen LogP contribution is 2.53. The first-order chi connectivity index (χ1) is 24.2. The second-order valence-corrected chi connectivity index (χ2v) is 17.3. The van der Waals surface area contributed by atoms with E-state index in [0.29, 0.717) is 17.8 Å². The molecule has 2 unspecified atom stereocenters. The number of nitrogens with one attached hydrogen (secondary N) is 1. The monoisotopic (exact) mass is 670 g/mol. The van der Waals surface area contributed by atoms with Crippen LogP contribution < -0.4 is 0 Å². The normalized spacial score (nSPS) is 15.9. The summed E-state index contributed by atoms with van der Waals surface area (Å²) in [5, 5.41) is 13.7. The Labute approximate surface area is 305 Å². The number of nitrogens with zero attached hydrogens (tertiary/aromatic N) is 1. The van der Waals surface area contributed by atoms with E-state index >= 15 is 0 Å². The van der Waals surface area contributed by atoms with E-state index in [-0.39, 0.29) is 17.3 Å². The quantitative estimate of drug-likeness (QED) is 0.188. The van der Waals surface area contributed by atoms with Gasteiger partial charge in [-0.3, -0.25) is 0 Å². The topological polar surface area (TPSA) is 39.6 Å². The van der Waals surface area contributed by atoms with E-state index in [4.69, 9.17) is 0 Å². The van der Waals surface area contributed by atoms with Crippen LogP contribution in [0.5, 0.6) is 0 Å². The average molecular weight is 671 g/mol. The largest absolute Gasteiger partial charge is 0.354 e. The molecule has 260 valence electrons. The Hall–Kier alpha value is -4.61. The van der Waals surface area contributed by atoms with Crippen LogP contribution in [0, 0.1) is 23.7 Å². The summed E-state index contributed by atoms with van der Waals surface area (Å²) in [6.07, 6.45) is 0.814. The SMILES string of the molecule is Cc1ccccc1C1c2ccccc2C(C)c2c(C#N)c(CC(C)(C)C)c3[nH]c4ccc(-c5c(C(C)C)cc(C(C)C)cc5C(C)C)cc4c3c21. The molecule has 0 aliphatic heterocycles. The van der Waals surface area contributed by atoms with Crippen molar-refractivity contribution in [2.45, 2.75) is 112 Å². The van der Waals surface area contributed by atoms with Crippen LogP contribution >= 0.6 is 0 Å². The van der Waals surface area contributed by atoms with Crippen LogP contribution in [0.1, 0.15) is 160 Å². The van der Waals surface area contributed by atoms with Crippen LogP contribution in [0.25, 0.3) is 32.9 Å². The summed E-state index contributed by atoms with van der Waals surface area (Å²) in [7, 11) is 0. The molecule has 0 radical (unpaired) electrons. The van der Waals surface area contributed by atoms with Gasteiger partial charge in [-0.25, -0.2) is 0 Å². The van der Waals surface area contributed by atoms with Crippen molar-refractivity contribution in [1.29, 1.82) is 5.26 Å². The minimum atomic E-state index is -0.00303. The molecule has 1 aliphatic carbocycles. The predicted octanol–water partition coefficient (Wildman–Crippen LogP) is 13.8. The molecule has 1 N–H and O–H groups in total. The number of aromatic nitrogens is 1. The van der Waals surface area contributed by atoms with Crippen molar-refractivity contribution in [3.8, 4) is 17.2 Å². The molecule has 0 saturated carbocycles. The molecule has 7 rings (SSSR count). The Bertz CT molecular complexity index is 2320. The standard InChI is InChI=1S/C49H54N2/c1-27(2)33-23-37(28(3)4)44(38(24-33)29(5)6)32-20-21-42-39(22-32)46-47-43(41(26-50)40(48(46)51-42)25-49(9,10)11)31(8)35-18-14-15-19-36(35)45(47)34-17-13-12-16-30(34)7/h12-24,27-29,31,45,51H,25H2,1-11H3. The number of nitriles is 1. The van der Waals surface area contributed by atoms with Crippen LogP contribution in [0.2, 0.25) is 0 Å². The summed E-state index contributed by atoms with van der Waals surface area (Å²) in [5.41, 5.74) is 18.9. The minimum Gasteiger partial charge on any atom is -0.354 e. The molecule has 1 aromatic heterocycles. The number of hydrogen-bond donors (Lipinski definition) is 1. The summed E-state index contributed by atoms with van der Waals surface area (Å²) < 4.78 is 0. The predicted molar refractivity (Wildman–Crippen MR) is 217 cm³/mol. The number of benzene rings is 5. The molecular weight excluding hydrogens is 617 g/mol. The zero-order valence-electron chi connectivity index (χ0n) is 32.5. The van der Waals surface area contributed by atoms with Crippen LogP contribution in [0.3, 0.4) is 0 Å². The molecule has 0 spiro atoms. The molecule has 2 heteroatoms. The molecule has 2 atom stereocenters. The van der Waals surface area contributed by atoms with Crippen molar-refractivity contribution in [3.05, 3.63) is 140 Å². The molecule has 0 amide bonds. The van der Waals surface area contributed by atoms with Gasteiger partial charge in [0.15, 0.2) is 0 Å². The van der Waals surface area contributed by atoms with E-state index in [9.17, 15) is 5.26 Å². The maximum atomic E-state index is 11.1. The molecule has 51 heavy (non-hydrogen) atoms. The van der Waals surface area contributed by atoms with Crippen molar-refractivity contribution in [2.75, 3.05) is 0 Å². The first-order valence-corrected chi connectivity index (χ1v) is 19.1. The molecule has 2 nitrogen and oxygen atoms in total. The van der Waals surface area contributed by atoms with E-state index in [0.717, 1.165) is 28.6 Å². The number of H-pyrrole nitrogens is 1. The molecule has 0 saturated heterocycles. The summed E-state index contributed by atoms with van der Waals surface area (Å²) in [6, 6.07) is 32.7. The summed E-state index contributed by atoms with van der Waals surface area (Å²) in [4.78, 5) is 3.95.